The minimum atomic E-state index is -0.609. The number of amides is 1. The predicted molar refractivity (Wildman–Crippen MR) is 108 cm³/mol. The van der Waals surface area contributed by atoms with Crippen LogP contribution in [0.5, 0.6) is 0 Å². The van der Waals surface area contributed by atoms with Crippen LogP contribution in [0.15, 0.2) is 65.2 Å². The Morgan fingerprint density at radius 2 is 1.66 bits per heavy atom. The highest BCUT2D eigenvalue weighted by molar-refractivity contribution is 5.91. The van der Waals surface area contributed by atoms with E-state index in [9.17, 15) is 9.18 Å². The van der Waals surface area contributed by atoms with Gasteiger partial charge in [-0.05, 0) is 37.1 Å². The zero-order valence-corrected chi connectivity index (χ0v) is 16.1. The van der Waals surface area contributed by atoms with Crippen LogP contribution >= 0.6 is 0 Å². The van der Waals surface area contributed by atoms with Crippen molar-refractivity contribution in [2.75, 3.05) is 31.1 Å². The number of benzene rings is 2. The molecule has 2 aliphatic rings. The highest BCUT2D eigenvalue weighted by atomic mass is 19.1. The number of piperazine rings is 1. The highest BCUT2D eigenvalue weighted by Gasteiger charge is 2.55. The summed E-state index contributed by atoms with van der Waals surface area (Å²) in [6.07, 6.45) is 1.52. The molecule has 1 aliphatic carbocycles. The van der Waals surface area contributed by atoms with Crippen molar-refractivity contribution in [2.24, 2.45) is 0 Å². The number of para-hydroxylation sites is 1. The van der Waals surface area contributed by atoms with Gasteiger partial charge in [-0.2, -0.15) is 0 Å². The number of aromatic nitrogens is 1. The Kier molecular flexibility index (Phi) is 4.34. The van der Waals surface area contributed by atoms with Crippen molar-refractivity contribution in [3.63, 3.8) is 0 Å². The summed E-state index contributed by atoms with van der Waals surface area (Å²) in [5, 5.41) is 4.15. The van der Waals surface area contributed by atoms with Gasteiger partial charge in [0.1, 0.15) is 5.82 Å². The quantitative estimate of drug-likeness (QED) is 0.678. The molecule has 0 atom stereocenters. The lowest BCUT2D eigenvalue weighted by molar-refractivity contribution is -0.134. The Labute approximate surface area is 168 Å². The normalized spacial score (nSPS) is 18.0. The van der Waals surface area contributed by atoms with Gasteiger partial charge in [-0.25, -0.2) is 4.39 Å². The van der Waals surface area contributed by atoms with Crippen LogP contribution in [-0.2, 0) is 10.2 Å². The second-order valence-corrected chi connectivity index (χ2v) is 7.75. The summed E-state index contributed by atoms with van der Waals surface area (Å²) >= 11 is 0. The average Bonchev–Trinajstić information content (AvgIpc) is 3.44. The number of halogens is 1. The lowest BCUT2D eigenvalue weighted by Crippen LogP contribution is -2.51. The fourth-order valence-corrected chi connectivity index (χ4v) is 4.10. The van der Waals surface area contributed by atoms with Crippen molar-refractivity contribution in [1.29, 1.82) is 0 Å². The Balaban J connectivity index is 1.30. The van der Waals surface area contributed by atoms with Crippen molar-refractivity contribution in [3.8, 4) is 11.3 Å². The van der Waals surface area contributed by atoms with Gasteiger partial charge in [0.05, 0.1) is 16.7 Å². The molecule has 29 heavy (non-hydrogen) atoms. The lowest BCUT2D eigenvalue weighted by Gasteiger charge is -2.37. The molecule has 0 bridgehead atoms. The van der Waals surface area contributed by atoms with Crippen LogP contribution in [0, 0.1) is 5.82 Å². The topological polar surface area (TPSA) is 49.6 Å². The number of nitrogens with zero attached hydrogens (tertiary/aromatic N) is 3. The number of rotatable bonds is 4. The van der Waals surface area contributed by atoms with Crippen molar-refractivity contribution >= 4 is 11.6 Å². The van der Waals surface area contributed by atoms with Crippen molar-refractivity contribution in [2.45, 2.75) is 18.3 Å². The zero-order chi connectivity index (χ0) is 19.8. The third kappa shape index (κ3) is 3.18. The first-order chi connectivity index (χ1) is 14.2. The van der Waals surface area contributed by atoms with E-state index < -0.39 is 5.41 Å². The Bertz CT molecular complexity index is 1020. The summed E-state index contributed by atoms with van der Waals surface area (Å²) < 4.78 is 19.5. The smallest absolute Gasteiger partial charge is 0.235 e. The molecule has 0 unspecified atom stereocenters. The third-order valence-corrected chi connectivity index (χ3v) is 5.99. The second kappa shape index (κ2) is 7.03. The van der Waals surface area contributed by atoms with Crippen LogP contribution in [0.2, 0.25) is 0 Å². The fourth-order valence-electron chi connectivity index (χ4n) is 4.10. The van der Waals surface area contributed by atoms with Gasteiger partial charge in [0.25, 0.3) is 0 Å². The monoisotopic (exact) mass is 391 g/mol. The van der Waals surface area contributed by atoms with Crippen LogP contribution in [-0.4, -0.2) is 42.1 Å². The van der Waals surface area contributed by atoms with Gasteiger partial charge in [-0.3, -0.25) is 4.79 Å². The molecule has 6 heteroatoms. The molecule has 1 saturated heterocycles. The minimum Gasteiger partial charge on any atom is -0.368 e. The highest BCUT2D eigenvalue weighted by Crippen LogP contribution is 2.50. The first-order valence-electron chi connectivity index (χ1n) is 9.99. The fraction of sp³-hybridized carbons (Fsp3) is 0.304. The maximum Gasteiger partial charge on any atom is 0.235 e. The van der Waals surface area contributed by atoms with E-state index in [1.165, 1.54) is 11.8 Å². The molecule has 2 heterocycles. The van der Waals surface area contributed by atoms with Gasteiger partial charge in [0.15, 0.2) is 5.76 Å². The summed E-state index contributed by atoms with van der Waals surface area (Å²) in [5.74, 6) is 0.119. The Morgan fingerprint density at radius 3 is 2.34 bits per heavy atom. The Morgan fingerprint density at radius 1 is 0.966 bits per heavy atom. The third-order valence-electron chi connectivity index (χ3n) is 5.99. The van der Waals surface area contributed by atoms with Crippen LogP contribution < -0.4 is 4.90 Å². The van der Waals surface area contributed by atoms with E-state index in [4.69, 9.17) is 4.52 Å². The van der Waals surface area contributed by atoms with Crippen molar-refractivity contribution in [3.05, 3.63) is 72.2 Å². The maximum atomic E-state index is 14.1. The van der Waals surface area contributed by atoms with Gasteiger partial charge in [0.2, 0.25) is 5.91 Å². The van der Waals surface area contributed by atoms with Crippen LogP contribution in [0.3, 0.4) is 0 Å². The van der Waals surface area contributed by atoms with E-state index in [0.717, 1.165) is 25.9 Å². The number of anilines is 1. The van der Waals surface area contributed by atoms with E-state index in [0.29, 0.717) is 30.1 Å². The van der Waals surface area contributed by atoms with E-state index in [2.05, 4.69) is 22.2 Å². The molecule has 1 aromatic heterocycles. The summed E-state index contributed by atoms with van der Waals surface area (Å²) in [7, 11) is 0. The average molecular weight is 391 g/mol. The van der Waals surface area contributed by atoms with E-state index >= 15 is 0 Å². The predicted octanol–water partition coefficient (Wildman–Crippen LogP) is 3.86. The molecular formula is C23H22FN3O2. The molecule has 5 rings (SSSR count). The number of carbonyl (C=O) groups is 1. The molecule has 0 radical (unpaired) electrons. The van der Waals surface area contributed by atoms with Gasteiger partial charge in [0, 0.05) is 37.9 Å². The SMILES string of the molecule is O=C(N1CCN(c2ccccc2)CC1)C1(c2cc(-c3ccccc3F)on2)CC1. The molecule has 0 spiro atoms. The van der Waals surface area contributed by atoms with Gasteiger partial charge in [-0.15, -0.1) is 0 Å². The molecule has 2 aromatic carbocycles. The first kappa shape index (κ1) is 17.9. The van der Waals surface area contributed by atoms with E-state index in [1.807, 2.05) is 23.1 Å². The van der Waals surface area contributed by atoms with Crippen LogP contribution in [0.1, 0.15) is 18.5 Å². The number of hydrogen-bond donors (Lipinski definition) is 0. The number of carbonyl (C=O) groups excluding carboxylic acids is 1. The summed E-state index contributed by atoms with van der Waals surface area (Å²) in [4.78, 5) is 17.5. The van der Waals surface area contributed by atoms with E-state index in [-0.39, 0.29) is 11.7 Å². The molecule has 5 nitrogen and oxygen atoms in total. The molecule has 2 fully saturated rings. The number of hydrogen-bond acceptors (Lipinski definition) is 4. The second-order valence-electron chi connectivity index (χ2n) is 7.75. The van der Waals surface area contributed by atoms with E-state index in [1.54, 1.807) is 24.3 Å². The molecule has 1 saturated carbocycles. The largest absolute Gasteiger partial charge is 0.368 e. The molecular weight excluding hydrogens is 369 g/mol. The summed E-state index contributed by atoms with van der Waals surface area (Å²) in [5.41, 5.74) is 1.56. The van der Waals surface area contributed by atoms with Gasteiger partial charge in [-0.1, -0.05) is 35.5 Å². The molecule has 3 aromatic rings. The maximum absolute atomic E-state index is 14.1. The first-order valence-corrected chi connectivity index (χ1v) is 9.99. The lowest BCUT2D eigenvalue weighted by atomic mass is 9.99. The summed E-state index contributed by atoms with van der Waals surface area (Å²) in [6, 6.07) is 18.4. The Hall–Kier alpha value is -3.15. The molecule has 1 aliphatic heterocycles. The van der Waals surface area contributed by atoms with Crippen molar-refractivity contribution < 1.29 is 13.7 Å². The zero-order valence-electron chi connectivity index (χ0n) is 16.1. The van der Waals surface area contributed by atoms with Crippen molar-refractivity contribution in [1.82, 2.24) is 10.1 Å². The van der Waals surface area contributed by atoms with Gasteiger partial charge >= 0.3 is 0 Å². The minimum absolute atomic E-state index is 0.110. The molecule has 148 valence electrons. The molecule has 0 N–H and O–H groups in total. The molecule has 1 amide bonds. The van der Waals surface area contributed by atoms with Crippen LogP contribution in [0.25, 0.3) is 11.3 Å². The summed E-state index contributed by atoms with van der Waals surface area (Å²) in [6.45, 7) is 3.00. The van der Waals surface area contributed by atoms with Crippen LogP contribution in [0.4, 0.5) is 10.1 Å². The standard InChI is InChI=1S/C23H22FN3O2/c24-19-9-5-4-8-18(19)20-16-21(25-29-20)23(10-11-23)22(28)27-14-12-26(13-15-27)17-6-2-1-3-7-17/h1-9,16H,10-15H2. The van der Waals surface area contributed by atoms with Gasteiger partial charge < -0.3 is 14.3 Å².